The molecule has 1 rings (SSSR count). The second kappa shape index (κ2) is 8.97. The number of hydrogen-bond donors (Lipinski definition) is 4. The number of urea groups is 1. The normalized spacial score (nSPS) is 11.6. The number of carbonyl (C=O) groups is 2. The lowest BCUT2D eigenvalue weighted by atomic mass is 10.1. The molecule has 0 spiro atoms. The molecule has 0 aliphatic rings. The van der Waals surface area contributed by atoms with E-state index in [2.05, 4.69) is 28.2 Å². The summed E-state index contributed by atoms with van der Waals surface area (Å²) >= 11 is 0. The van der Waals surface area contributed by atoms with Gasteiger partial charge in [0, 0.05) is 18.3 Å². The Bertz CT molecular complexity index is 476. The molecular weight excluding hydrogens is 268 g/mol. The highest BCUT2D eigenvalue weighted by molar-refractivity contribution is 5.92. The SMILES string of the molecule is CCNC(=O)CNC(=O)Nc1cccc(C(C)NCC)c1. The van der Waals surface area contributed by atoms with Crippen molar-refractivity contribution < 1.29 is 9.59 Å². The predicted octanol–water partition coefficient (Wildman–Crippen LogP) is 1.61. The number of benzene rings is 1. The smallest absolute Gasteiger partial charge is 0.319 e. The highest BCUT2D eigenvalue weighted by Gasteiger charge is 2.07. The first-order chi connectivity index (χ1) is 10.1. The van der Waals surface area contributed by atoms with E-state index in [1.165, 1.54) is 0 Å². The van der Waals surface area contributed by atoms with Gasteiger partial charge in [-0.05, 0) is 38.1 Å². The first-order valence-corrected chi connectivity index (χ1v) is 7.21. The van der Waals surface area contributed by atoms with Crippen molar-refractivity contribution in [3.63, 3.8) is 0 Å². The second-order valence-electron chi connectivity index (χ2n) is 4.67. The average Bonchev–Trinajstić information content (AvgIpc) is 2.46. The molecule has 1 unspecified atom stereocenters. The van der Waals surface area contributed by atoms with Crippen molar-refractivity contribution in [1.82, 2.24) is 16.0 Å². The molecule has 116 valence electrons. The van der Waals surface area contributed by atoms with Gasteiger partial charge in [0.2, 0.25) is 5.91 Å². The topological polar surface area (TPSA) is 82.3 Å². The van der Waals surface area contributed by atoms with Gasteiger partial charge in [0.05, 0.1) is 6.54 Å². The Kier molecular flexibility index (Phi) is 7.25. The van der Waals surface area contributed by atoms with Crippen LogP contribution >= 0.6 is 0 Å². The summed E-state index contributed by atoms with van der Waals surface area (Å²) < 4.78 is 0. The molecule has 0 bridgehead atoms. The zero-order valence-electron chi connectivity index (χ0n) is 12.8. The quantitative estimate of drug-likeness (QED) is 0.616. The van der Waals surface area contributed by atoms with Gasteiger partial charge >= 0.3 is 6.03 Å². The number of amides is 3. The van der Waals surface area contributed by atoms with E-state index in [-0.39, 0.29) is 18.5 Å². The van der Waals surface area contributed by atoms with Gasteiger partial charge in [0.1, 0.15) is 0 Å². The van der Waals surface area contributed by atoms with Gasteiger partial charge in [-0.3, -0.25) is 4.79 Å². The summed E-state index contributed by atoms with van der Waals surface area (Å²) in [7, 11) is 0. The lowest BCUT2D eigenvalue weighted by molar-refractivity contribution is -0.119. The van der Waals surface area contributed by atoms with Crippen LogP contribution in [0.25, 0.3) is 0 Å². The van der Waals surface area contributed by atoms with Gasteiger partial charge in [-0.25, -0.2) is 4.79 Å². The lowest BCUT2D eigenvalue weighted by Gasteiger charge is -2.14. The third-order valence-electron chi connectivity index (χ3n) is 2.94. The molecular formula is C15H24N4O2. The summed E-state index contributed by atoms with van der Waals surface area (Å²) in [6.07, 6.45) is 0. The summed E-state index contributed by atoms with van der Waals surface area (Å²) in [6.45, 7) is 7.34. The molecule has 0 heterocycles. The van der Waals surface area contributed by atoms with Gasteiger partial charge < -0.3 is 21.3 Å². The number of nitrogens with one attached hydrogen (secondary N) is 4. The molecule has 6 heteroatoms. The summed E-state index contributed by atoms with van der Waals surface area (Å²) in [4.78, 5) is 23.0. The maximum absolute atomic E-state index is 11.7. The van der Waals surface area contributed by atoms with Crippen molar-refractivity contribution in [2.45, 2.75) is 26.8 Å². The van der Waals surface area contributed by atoms with Crippen LogP contribution < -0.4 is 21.3 Å². The lowest BCUT2D eigenvalue weighted by Crippen LogP contribution is -2.38. The van der Waals surface area contributed by atoms with Crippen molar-refractivity contribution in [1.29, 1.82) is 0 Å². The van der Waals surface area contributed by atoms with Crippen LogP contribution in [0.1, 0.15) is 32.4 Å². The van der Waals surface area contributed by atoms with Crippen molar-refractivity contribution >= 4 is 17.6 Å². The van der Waals surface area contributed by atoms with E-state index in [9.17, 15) is 9.59 Å². The van der Waals surface area contributed by atoms with E-state index >= 15 is 0 Å². The Morgan fingerprint density at radius 1 is 1.14 bits per heavy atom. The number of hydrogen-bond acceptors (Lipinski definition) is 3. The third kappa shape index (κ3) is 6.27. The molecule has 4 N–H and O–H groups in total. The standard InChI is InChI=1S/C15H24N4O2/c1-4-16-11(3)12-7-6-8-13(9-12)19-15(21)18-10-14(20)17-5-2/h6-9,11,16H,4-5,10H2,1-3H3,(H,17,20)(H2,18,19,21). The van der Waals surface area contributed by atoms with Gasteiger partial charge in [-0.2, -0.15) is 0 Å². The number of anilines is 1. The van der Waals surface area contributed by atoms with E-state index in [0.29, 0.717) is 12.2 Å². The molecule has 0 aliphatic heterocycles. The number of rotatable bonds is 7. The van der Waals surface area contributed by atoms with Crippen LogP contribution in [0.5, 0.6) is 0 Å². The Labute approximate surface area is 125 Å². The van der Waals surface area contributed by atoms with E-state index in [1.807, 2.05) is 38.1 Å². The van der Waals surface area contributed by atoms with Crippen LogP contribution in [0.4, 0.5) is 10.5 Å². The van der Waals surface area contributed by atoms with Gasteiger partial charge in [-0.1, -0.05) is 19.1 Å². The molecule has 1 atom stereocenters. The molecule has 3 amide bonds. The van der Waals surface area contributed by atoms with E-state index in [1.54, 1.807) is 0 Å². The molecule has 0 aromatic heterocycles. The van der Waals surface area contributed by atoms with Gasteiger partial charge in [-0.15, -0.1) is 0 Å². The van der Waals surface area contributed by atoms with E-state index in [4.69, 9.17) is 0 Å². The third-order valence-corrected chi connectivity index (χ3v) is 2.94. The molecule has 0 radical (unpaired) electrons. The van der Waals surface area contributed by atoms with Crippen molar-refractivity contribution in [3.8, 4) is 0 Å². The molecule has 1 aromatic rings. The molecule has 0 saturated heterocycles. The highest BCUT2D eigenvalue weighted by atomic mass is 16.2. The first kappa shape index (κ1) is 17.0. The van der Waals surface area contributed by atoms with Crippen molar-refractivity contribution in [2.24, 2.45) is 0 Å². The zero-order valence-corrected chi connectivity index (χ0v) is 12.8. The fourth-order valence-electron chi connectivity index (χ4n) is 1.91. The van der Waals surface area contributed by atoms with Crippen LogP contribution in [-0.4, -0.2) is 31.6 Å². The molecule has 6 nitrogen and oxygen atoms in total. The van der Waals surface area contributed by atoms with Crippen molar-refractivity contribution in [2.75, 3.05) is 25.0 Å². The summed E-state index contributed by atoms with van der Waals surface area (Å²) in [5, 5.41) is 11.2. The fourth-order valence-corrected chi connectivity index (χ4v) is 1.91. The van der Waals surface area contributed by atoms with E-state index < -0.39 is 6.03 Å². The summed E-state index contributed by atoms with van der Waals surface area (Å²) in [6, 6.07) is 7.45. The Balaban J connectivity index is 2.52. The van der Waals surface area contributed by atoms with Gasteiger partial charge in [0.25, 0.3) is 0 Å². The maximum Gasteiger partial charge on any atom is 0.319 e. The predicted molar refractivity (Wildman–Crippen MR) is 84.2 cm³/mol. The monoisotopic (exact) mass is 292 g/mol. The average molecular weight is 292 g/mol. The van der Waals surface area contributed by atoms with Gasteiger partial charge in [0.15, 0.2) is 0 Å². The van der Waals surface area contributed by atoms with Crippen LogP contribution in [0, 0.1) is 0 Å². The highest BCUT2D eigenvalue weighted by Crippen LogP contribution is 2.17. The molecule has 0 fully saturated rings. The Hall–Kier alpha value is -2.08. The molecule has 0 aliphatic carbocycles. The van der Waals surface area contributed by atoms with Crippen LogP contribution in [0.2, 0.25) is 0 Å². The number of likely N-dealkylation sites (N-methyl/N-ethyl adjacent to an activating group) is 1. The minimum Gasteiger partial charge on any atom is -0.355 e. The minimum atomic E-state index is -0.394. The molecule has 1 aromatic carbocycles. The largest absolute Gasteiger partial charge is 0.355 e. The first-order valence-electron chi connectivity index (χ1n) is 7.21. The molecule has 0 saturated carbocycles. The Morgan fingerprint density at radius 3 is 2.57 bits per heavy atom. The number of carbonyl (C=O) groups excluding carboxylic acids is 2. The summed E-state index contributed by atoms with van der Waals surface area (Å²) in [5.41, 5.74) is 1.80. The van der Waals surface area contributed by atoms with Crippen LogP contribution in [0.15, 0.2) is 24.3 Å². The van der Waals surface area contributed by atoms with Crippen LogP contribution in [-0.2, 0) is 4.79 Å². The minimum absolute atomic E-state index is 0.0346. The van der Waals surface area contributed by atoms with Crippen molar-refractivity contribution in [3.05, 3.63) is 29.8 Å². The second-order valence-corrected chi connectivity index (χ2v) is 4.67. The Morgan fingerprint density at radius 2 is 1.90 bits per heavy atom. The zero-order chi connectivity index (χ0) is 15.7. The molecule has 21 heavy (non-hydrogen) atoms. The summed E-state index contributed by atoms with van der Waals surface area (Å²) in [5.74, 6) is -0.206. The fraction of sp³-hybridized carbons (Fsp3) is 0.467. The van der Waals surface area contributed by atoms with Crippen LogP contribution in [0.3, 0.4) is 0 Å². The maximum atomic E-state index is 11.7. The van der Waals surface area contributed by atoms with E-state index in [0.717, 1.165) is 12.1 Å².